The molecule has 3 aromatic rings. The number of halogens is 1. The van der Waals surface area contributed by atoms with E-state index in [1.807, 2.05) is 30.1 Å². The van der Waals surface area contributed by atoms with Gasteiger partial charge in [0.15, 0.2) is 0 Å². The van der Waals surface area contributed by atoms with E-state index in [1.54, 1.807) is 7.11 Å². The Morgan fingerprint density at radius 1 is 1.15 bits per heavy atom. The zero-order valence-corrected chi connectivity index (χ0v) is 20.7. The van der Waals surface area contributed by atoms with Crippen LogP contribution in [-0.4, -0.2) is 62.3 Å². The van der Waals surface area contributed by atoms with Crippen LogP contribution < -0.4 is 10.2 Å². The second-order valence-corrected chi connectivity index (χ2v) is 9.12. The van der Waals surface area contributed by atoms with Gasteiger partial charge < -0.3 is 24.4 Å². The number of nitrogens with one attached hydrogen (secondary N) is 1. The van der Waals surface area contributed by atoms with Crippen molar-refractivity contribution in [2.24, 2.45) is 0 Å². The summed E-state index contributed by atoms with van der Waals surface area (Å²) in [5.74, 6) is -0.170. The van der Waals surface area contributed by atoms with Crippen LogP contribution in [0.1, 0.15) is 33.6 Å². The Kier molecular flexibility index (Phi) is 7.54. The van der Waals surface area contributed by atoms with E-state index in [1.165, 1.54) is 23.4 Å². The van der Waals surface area contributed by atoms with Crippen LogP contribution in [0.25, 0.3) is 10.9 Å². The molecule has 1 amide bonds. The Morgan fingerprint density at radius 2 is 1.91 bits per heavy atom. The minimum absolute atomic E-state index is 0.0729. The third-order valence-electron chi connectivity index (χ3n) is 6.85. The topological polar surface area (TPSA) is 49.7 Å². The first-order valence-corrected chi connectivity index (χ1v) is 12.0. The first-order valence-electron chi connectivity index (χ1n) is 12.0. The van der Waals surface area contributed by atoms with Crippen molar-refractivity contribution in [3.8, 4) is 0 Å². The molecule has 0 unspecified atom stereocenters. The number of rotatable bonds is 7. The van der Waals surface area contributed by atoms with Crippen LogP contribution in [0.15, 0.2) is 36.4 Å². The predicted octanol–water partition coefficient (Wildman–Crippen LogP) is 4.12. The van der Waals surface area contributed by atoms with Gasteiger partial charge in [-0.25, -0.2) is 4.39 Å². The molecule has 2 aromatic carbocycles. The van der Waals surface area contributed by atoms with E-state index in [0.29, 0.717) is 25.3 Å². The van der Waals surface area contributed by atoms with Gasteiger partial charge >= 0.3 is 0 Å². The van der Waals surface area contributed by atoms with Gasteiger partial charge in [-0.05, 0) is 62.2 Å². The number of aromatic nitrogens is 1. The van der Waals surface area contributed by atoms with Gasteiger partial charge in [0.05, 0.1) is 17.8 Å². The third kappa shape index (κ3) is 4.95. The zero-order chi connectivity index (χ0) is 24.2. The molecule has 4 rings (SSSR count). The highest BCUT2D eigenvalue weighted by Crippen LogP contribution is 2.35. The summed E-state index contributed by atoms with van der Waals surface area (Å²) >= 11 is 0. The first kappa shape index (κ1) is 24.2. The molecule has 0 saturated carbocycles. The number of carbonyl (C=O) groups excluding carboxylic acids is 1. The van der Waals surface area contributed by atoms with Gasteiger partial charge in [-0.2, -0.15) is 0 Å². The fraction of sp³-hybridized carbons (Fsp3) is 0.444. The Balaban J connectivity index is 1.81. The van der Waals surface area contributed by atoms with E-state index >= 15 is 0 Å². The molecule has 0 aliphatic carbocycles. The minimum atomic E-state index is -0.243. The van der Waals surface area contributed by atoms with Gasteiger partial charge in [-0.15, -0.1) is 0 Å². The Morgan fingerprint density at radius 3 is 2.65 bits per heavy atom. The maximum atomic E-state index is 13.6. The maximum absolute atomic E-state index is 13.6. The number of ether oxygens (including phenoxy) is 1. The van der Waals surface area contributed by atoms with E-state index in [9.17, 15) is 9.18 Å². The molecule has 1 fully saturated rings. The van der Waals surface area contributed by atoms with Crippen LogP contribution in [0.3, 0.4) is 0 Å². The lowest BCUT2D eigenvalue weighted by Gasteiger charge is -2.25. The number of benzene rings is 2. The molecule has 1 saturated heterocycles. The van der Waals surface area contributed by atoms with E-state index in [2.05, 4.69) is 34.7 Å². The molecule has 7 heteroatoms. The number of hydrogen-bond acceptors (Lipinski definition) is 4. The number of amides is 1. The van der Waals surface area contributed by atoms with Crippen molar-refractivity contribution in [1.29, 1.82) is 0 Å². The fourth-order valence-corrected chi connectivity index (χ4v) is 4.81. The van der Waals surface area contributed by atoms with Gasteiger partial charge in [0.25, 0.3) is 5.91 Å². The van der Waals surface area contributed by atoms with E-state index in [4.69, 9.17) is 4.74 Å². The maximum Gasteiger partial charge on any atom is 0.253 e. The predicted molar refractivity (Wildman–Crippen MR) is 135 cm³/mol. The van der Waals surface area contributed by atoms with Crippen molar-refractivity contribution in [2.45, 2.75) is 33.4 Å². The van der Waals surface area contributed by atoms with E-state index in [0.717, 1.165) is 54.8 Å². The smallest absolute Gasteiger partial charge is 0.253 e. The van der Waals surface area contributed by atoms with Gasteiger partial charge in [-0.1, -0.05) is 12.1 Å². The summed E-state index contributed by atoms with van der Waals surface area (Å²) in [7, 11) is 3.74. The number of methoxy groups -OCH3 is 1. The third-order valence-corrected chi connectivity index (χ3v) is 6.85. The molecule has 1 aliphatic rings. The quantitative estimate of drug-likeness (QED) is 0.569. The zero-order valence-electron chi connectivity index (χ0n) is 20.7. The van der Waals surface area contributed by atoms with E-state index in [-0.39, 0.29) is 11.7 Å². The second-order valence-electron chi connectivity index (χ2n) is 9.12. The second kappa shape index (κ2) is 10.6. The van der Waals surface area contributed by atoms with Crippen LogP contribution >= 0.6 is 0 Å². The lowest BCUT2D eigenvalue weighted by atomic mass is 10.0. The highest BCUT2D eigenvalue weighted by Gasteiger charge is 2.23. The highest BCUT2D eigenvalue weighted by molar-refractivity contribution is 6.04. The average molecular weight is 467 g/mol. The summed E-state index contributed by atoms with van der Waals surface area (Å²) in [6.45, 7) is 9.41. The van der Waals surface area contributed by atoms with Gasteiger partial charge in [0.1, 0.15) is 5.82 Å². The molecule has 182 valence electrons. The normalized spacial score (nSPS) is 14.4. The average Bonchev–Trinajstić information content (AvgIpc) is 3.01. The molecule has 0 atom stereocenters. The molecule has 1 aromatic heterocycles. The Hall–Kier alpha value is -2.90. The summed E-state index contributed by atoms with van der Waals surface area (Å²) in [6, 6.07) is 10.7. The first-order chi connectivity index (χ1) is 16.4. The van der Waals surface area contributed by atoms with Crippen LogP contribution in [0.2, 0.25) is 0 Å². The number of hydrogen-bond donors (Lipinski definition) is 1. The van der Waals surface area contributed by atoms with Crippen molar-refractivity contribution in [3.05, 3.63) is 64.6 Å². The summed E-state index contributed by atoms with van der Waals surface area (Å²) in [6.07, 6.45) is 0.955. The van der Waals surface area contributed by atoms with Gasteiger partial charge in [0.2, 0.25) is 0 Å². The summed E-state index contributed by atoms with van der Waals surface area (Å²) in [5.41, 5.74) is 6.16. The van der Waals surface area contributed by atoms with Crippen molar-refractivity contribution >= 4 is 22.5 Å². The molecule has 0 radical (unpaired) electrons. The van der Waals surface area contributed by atoms with Crippen LogP contribution in [0, 0.1) is 19.7 Å². The van der Waals surface area contributed by atoms with Crippen molar-refractivity contribution < 1.29 is 13.9 Å². The van der Waals surface area contributed by atoms with Gasteiger partial charge in [0, 0.05) is 63.5 Å². The number of aryl methyl sites for hydroxylation is 1. The molecular weight excluding hydrogens is 431 g/mol. The molecule has 0 bridgehead atoms. The molecule has 1 aliphatic heterocycles. The number of fused-ring (bicyclic) bond motifs is 1. The number of nitrogens with zero attached hydrogens (tertiary/aromatic N) is 3. The highest BCUT2D eigenvalue weighted by atomic mass is 19.1. The molecule has 34 heavy (non-hydrogen) atoms. The van der Waals surface area contributed by atoms with Crippen LogP contribution in [-0.2, 0) is 17.8 Å². The lowest BCUT2D eigenvalue weighted by Crippen LogP contribution is -2.34. The molecule has 0 spiro atoms. The lowest BCUT2D eigenvalue weighted by molar-refractivity contribution is 0.0766. The SMILES string of the molecule is COCCn1c(C)c(C)c2cc(C(=O)N3CCCNCC3)cc(N(C)Cc3ccc(F)cc3)c21. The van der Waals surface area contributed by atoms with Gasteiger partial charge in [-0.3, -0.25) is 4.79 Å². The number of anilines is 1. The van der Waals surface area contributed by atoms with Crippen molar-refractivity contribution in [1.82, 2.24) is 14.8 Å². The summed E-state index contributed by atoms with van der Waals surface area (Å²) in [4.78, 5) is 17.7. The summed E-state index contributed by atoms with van der Waals surface area (Å²) < 4.78 is 21.1. The molecular formula is C27H35FN4O2. The molecule has 2 heterocycles. The van der Waals surface area contributed by atoms with Crippen molar-refractivity contribution in [2.75, 3.05) is 51.8 Å². The monoisotopic (exact) mass is 466 g/mol. The Labute approximate surface area is 201 Å². The van der Waals surface area contributed by atoms with Crippen LogP contribution in [0.4, 0.5) is 10.1 Å². The number of carbonyl (C=O) groups is 1. The fourth-order valence-electron chi connectivity index (χ4n) is 4.81. The minimum Gasteiger partial charge on any atom is -0.383 e. The van der Waals surface area contributed by atoms with Crippen LogP contribution in [0.5, 0.6) is 0 Å². The Bertz CT molecular complexity index is 1150. The summed E-state index contributed by atoms with van der Waals surface area (Å²) in [5, 5.41) is 4.46. The largest absolute Gasteiger partial charge is 0.383 e. The molecule has 1 N–H and O–H groups in total. The van der Waals surface area contributed by atoms with Crippen molar-refractivity contribution in [3.63, 3.8) is 0 Å². The standard InChI is InChI=1S/C27H35FN4O2/c1-19-20(2)32(14-15-34-4)26-24(19)16-22(27(33)31-12-5-10-29-11-13-31)17-25(26)30(3)18-21-6-8-23(28)9-7-21/h6-9,16-17,29H,5,10-15,18H2,1-4H3. The van der Waals surface area contributed by atoms with E-state index < -0.39 is 0 Å². The molecule has 6 nitrogen and oxygen atoms in total.